The fourth-order valence-electron chi connectivity index (χ4n) is 3.02. The van der Waals surface area contributed by atoms with Crippen LogP contribution in [0.5, 0.6) is 5.88 Å². The van der Waals surface area contributed by atoms with Gasteiger partial charge >= 0.3 is 0 Å². The van der Waals surface area contributed by atoms with Crippen LogP contribution in [0.3, 0.4) is 0 Å². The summed E-state index contributed by atoms with van der Waals surface area (Å²) in [6.45, 7) is 4.00. The van der Waals surface area contributed by atoms with E-state index < -0.39 is 0 Å². The molecule has 0 spiro atoms. The van der Waals surface area contributed by atoms with Crippen LogP contribution in [-0.2, 0) is 11.2 Å². The van der Waals surface area contributed by atoms with Crippen molar-refractivity contribution in [1.82, 2.24) is 15.3 Å². The Bertz CT molecular complexity index is 905. The lowest BCUT2D eigenvalue weighted by atomic mass is 10.1. The van der Waals surface area contributed by atoms with Crippen molar-refractivity contribution in [2.45, 2.75) is 52.4 Å². The number of nitrogens with zero attached hydrogens (tertiary/aromatic N) is 2. The molecule has 2 heterocycles. The second-order valence-electron chi connectivity index (χ2n) is 6.44. The van der Waals surface area contributed by atoms with Crippen LogP contribution < -0.4 is 10.1 Å². The first-order chi connectivity index (χ1) is 14.2. The number of para-hydroxylation sites is 1. The van der Waals surface area contributed by atoms with Crippen LogP contribution in [0.25, 0.3) is 22.2 Å². The van der Waals surface area contributed by atoms with Gasteiger partial charge in [-0.2, -0.15) is 0 Å². The Morgan fingerprint density at radius 1 is 1.14 bits per heavy atom. The molecule has 0 saturated carbocycles. The average Bonchev–Trinajstić information content (AvgIpc) is 3.25. The van der Waals surface area contributed by atoms with Crippen molar-refractivity contribution in [1.29, 1.82) is 0 Å². The van der Waals surface area contributed by atoms with E-state index in [0.717, 1.165) is 48.6 Å². The molecule has 0 fully saturated rings. The molecule has 29 heavy (non-hydrogen) atoms. The molecule has 0 atom stereocenters. The van der Waals surface area contributed by atoms with Gasteiger partial charge in [0, 0.05) is 25.3 Å². The summed E-state index contributed by atoms with van der Waals surface area (Å²) in [4.78, 5) is 20.1. The van der Waals surface area contributed by atoms with E-state index in [1.807, 2.05) is 44.2 Å². The standard InChI is InChI=1S/C21H25N3O3.C2H6/c1-22-19(25)11-5-3-4-6-12-20-23-14-18(27-20)16-13-15-9-7-8-10-17(15)24-21(16)26-2;1-2/h7-10,13-14H,3-6,11-12H2,1-2H3,(H,22,25);1-2H3. The molecule has 156 valence electrons. The molecule has 0 bridgehead atoms. The SMILES string of the molecule is CC.CNC(=O)CCCCCCc1ncc(-c2cc3ccccc3nc2OC)o1. The highest BCUT2D eigenvalue weighted by Crippen LogP contribution is 2.32. The number of unbranched alkanes of at least 4 members (excludes halogenated alkanes) is 3. The Balaban J connectivity index is 0.00000145. The van der Waals surface area contributed by atoms with E-state index >= 15 is 0 Å². The van der Waals surface area contributed by atoms with Gasteiger partial charge in [-0.3, -0.25) is 4.79 Å². The monoisotopic (exact) mass is 397 g/mol. The Morgan fingerprint density at radius 3 is 2.66 bits per heavy atom. The number of hydrogen-bond donors (Lipinski definition) is 1. The lowest BCUT2D eigenvalue weighted by Gasteiger charge is -2.07. The molecular formula is C23H31N3O3. The molecular weight excluding hydrogens is 366 g/mol. The predicted molar refractivity (Wildman–Crippen MR) is 116 cm³/mol. The number of pyridine rings is 1. The smallest absolute Gasteiger partial charge is 0.224 e. The zero-order chi connectivity index (χ0) is 21.1. The summed E-state index contributed by atoms with van der Waals surface area (Å²) in [6, 6.07) is 9.93. The van der Waals surface area contributed by atoms with Crippen LogP contribution in [0.2, 0.25) is 0 Å². The molecule has 1 aromatic carbocycles. The van der Waals surface area contributed by atoms with Crippen molar-refractivity contribution in [2.75, 3.05) is 14.2 Å². The summed E-state index contributed by atoms with van der Waals surface area (Å²) >= 11 is 0. The first-order valence-corrected chi connectivity index (χ1v) is 10.3. The molecule has 0 radical (unpaired) electrons. The van der Waals surface area contributed by atoms with E-state index in [0.29, 0.717) is 24.0 Å². The first kappa shape index (κ1) is 22.4. The van der Waals surface area contributed by atoms with E-state index in [4.69, 9.17) is 9.15 Å². The normalized spacial score (nSPS) is 10.3. The molecule has 1 N–H and O–H groups in total. The second kappa shape index (κ2) is 11.8. The molecule has 0 aliphatic carbocycles. The van der Waals surface area contributed by atoms with E-state index in [9.17, 15) is 4.79 Å². The highest BCUT2D eigenvalue weighted by molar-refractivity contribution is 5.85. The van der Waals surface area contributed by atoms with Gasteiger partial charge in [0.05, 0.1) is 24.4 Å². The zero-order valence-corrected chi connectivity index (χ0v) is 17.8. The number of oxazole rings is 1. The van der Waals surface area contributed by atoms with Gasteiger partial charge in [0.15, 0.2) is 11.7 Å². The van der Waals surface area contributed by atoms with Gasteiger partial charge in [-0.05, 0) is 25.0 Å². The van der Waals surface area contributed by atoms with Crippen molar-refractivity contribution in [2.24, 2.45) is 0 Å². The number of aryl methyl sites for hydroxylation is 1. The number of ether oxygens (including phenoxy) is 1. The molecule has 3 aromatic rings. The fraction of sp³-hybridized carbons (Fsp3) is 0.435. The highest BCUT2D eigenvalue weighted by Gasteiger charge is 2.14. The third-order valence-corrected chi connectivity index (χ3v) is 4.52. The Morgan fingerprint density at radius 2 is 1.90 bits per heavy atom. The van der Waals surface area contributed by atoms with E-state index in [-0.39, 0.29) is 5.91 Å². The molecule has 0 aliphatic rings. The van der Waals surface area contributed by atoms with Gasteiger partial charge in [-0.1, -0.05) is 44.9 Å². The minimum Gasteiger partial charge on any atom is -0.480 e. The number of benzene rings is 1. The maximum absolute atomic E-state index is 11.2. The second-order valence-corrected chi connectivity index (χ2v) is 6.44. The van der Waals surface area contributed by atoms with Crippen molar-refractivity contribution >= 4 is 16.8 Å². The van der Waals surface area contributed by atoms with E-state index in [1.54, 1.807) is 20.4 Å². The minimum atomic E-state index is 0.102. The maximum atomic E-state index is 11.2. The topological polar surface area (TPSA) is 77.2 Å². The number of amides is 1. The third-order valence-electron chi connectivity index (χ3n) is 4.52. The van der Waals surface area contributed by atoms with Crippen molar-refractivity contribution in [3.63, 3.8) is 0 Å². The van der Waals surface area contributed by atoms with Gasteiger partial charge < -0.3 is 14.5 Å². The van der Waals surface area contributed by atoms with Gasteiger partial charge in [0.1, 0.15) is 0 Å². The molecule has 6 heteroatoms. The largest absolute Gasteiger partial charge is 0.480 e. The Kier molecular flexibility index (Phi) is 9.15. The van der Waals surface area contributed by atoms with Gasteiger partial charge in [-0.25, -0.2) is 9.97 Å². The zero-order valence-electron chi connectivity index (χ0n) is 17.8. The van der Waals surface area contributed by atoms with Crippen LogP contribution >= 0.6 is 0 Å². The quantitative estimate of drug-likeness (QED) is 0.504. The number of methoxy groups -OCH3 is 1. The summed E-state index contributed by atoms with van der Waals surface area (Å²) < 4.78 is 11.4. The lowest BCUT2D eigenvalue weighted by Crippen LogP contribution is -2.16. The summed E-state index contributed by atoms with van der Waals surface area (Å²) in [5, 5.41) is 3.67. The average molecular weight is 398 g/mol. The first-order valence-electron chi connectivity index (χ1n) is 10.3. The number of carbonyl (C=O) groups is 1. The molecule has 2 aromatic heterocycles. The summed E-state index contributed by atoms with van der Waals surface area (Å²) in [7, 11) is 3.28. The molecule has 0 aliphatic heterocycles. The number of carbonyl (C=O) groups excluding carboxylic acids is 1. The van der Waals surface area contributed by atoms with Crippen LogP contribution in [0, 0.1) is 0 Å². The lowest BCUT2D eigenvalue weighted by molar-refractivity contribution is -0.120. The van der Waals surface area contributed by atoms with Crippen molar-refractivity contribution < 1.29 is 13.9 Å². The van der Waals surface area contributed by atoms with E-state index in [1.165, 1.54) is 0 Å². The van der Waals surface area contributed by atoms with Crippen LogP contribution in [0.4, 0.5) is 0 Å². The summed E-state index contributed by atoms with van der Waals surface area (Å²) in [5.74, 6) is 2.02. The molecule has 0 saturated heterocycles. The van der Waals surface area contributed by atoms with Crippen LogP contribution in [-0.4, -0.2) is 30.0 Å². The van der Waals surface area contributed by atoms with Crippen molar-refractivity contribution in [3.8, 4) is 17.2 Å². The Hall–Kier alpha value is -2.89. The van der Waals surface area contributed by atoms with E-state index in [2.05, 4.69) is 15.3 Å². The minimum absolute atomic E-state index is 0.102. The van der Waals surface area contributed by atoms with Gasteiger partial charge in [0.2, 0.25) is 11.8 Å². The molecule has 0 unspecified atom stereocenters. The van der Waals surface area contributed by atoms with Crippen LogP contribution in [0.1, 0.15) is 51.8 Å². The molecule has 1 amide bonds. The summed E-state index contributed by atoms with van der Waals surface area (Å²) in [5.41, 5.74) is 1.69. The molecule has 3 rings (SSSR count). The summed E-state index contributed by atoms with van der Waals surface area (Å²) in [6.07, 6.45) is 7.09. The fourth-order valence-corrected chi connectivity index (χ4v) is 3.02. The predicted octanol–water partition coefficient (Wildman–Crippen LogP) is 5.16. The number of hydrogen-bond acceptors (Lipinski definition) is 5. The van der Waals surface area contributed by atoms with Gasteiger partial charge in [-0.15, -0.1) is 0 Å². The highest BCUT2D eigenvalue weighted by atomic mass is 16.5. The van der Waals surface area contributed by atoms with Crippen LogP contribution in [0.15, 0.2) is 40.9 Å². The Labute approximate surface area is 172 Å². The number of rotatable bonds is 9. The van der Waals surface area contributed by atoms with Crippen molar-refractivity contribution in [3.05, 3.63) is 42.4 Å². The number of aromatic nitrogens is 2. The third kappa shape index (κ3) is 6.31. The molecule has 6 nitrogen and oxygen atoms in total. The number of nitrogens with one attached hydrogen (secondary N) is 1. The number of fused-ring (bicyclic) bond motifs is 1. The van der Waals surface area contributed by atoms with Gasteiger partial charge in [0.25, 0.3) is 0 Å². The maximum Gasteiger partial charge on any atom is 0.224 e.